The maximum Gasteiger partial charge on any atom is 0.0471 e. The highest BCUT2D eigenvalue weighted by Gasteiger charge is 2.22. The van der Waals surface area contributed by atoms with E-state index in [9.17, 15) is 0 Å². The number of likely N-dealkylation sites (tertiary alicyclic amines) is 1. The summed E-state index contributed by atoms with van der Waals surface area (Å²) < 4.78 is 0. The average Bonchev–Trinajstić information content (AvgIpc) is 2.76. The zero-order chi connectivity index (χ0) is 10.5. The van der Waals surface area contributed by atoms with Gasteiger partial charge in [-0.05, 0) is 37.8 Å². The van der Waals surface area contributed by atoms with E-state index < -0.39 is 0 Å². The van der Waals surface area contributed by atoms with Crippen LogP contribution in [0.1, 0.15) is 44.9 Å². The van der Waals surface area contributed by atoms with Gasteiger partial charge in [-0.3, -0.25) is 0 Å². The first-order chi connectivity index (χ1) is 7.38. The van der Waals surface area contributed by atoms with Crippen LogP contribution in [-0.4, -0.2) is 36.2 Å². The van der Waals surface area contributed by atoms with Crippen molar-refractivity contribution in [2.45, 2.75) is 44.9 Å². The Bertz CT molecular complexity index is 177. The van der Waals surface area contributed by atoms with Gasteiger partial charge < -0.3 is 10.0 Å². The SMILES string of the molecule is OCC1CCN(CCC2CCCCC2)C1. The van der Waals surface area contributed by atoms with Crippen molar-refractivity contribution in [1.82, 2.24) is 4.90 Å². The second-order valence-electron chi connectivity index (χ2n) is 5.43. The van der Waals surface area contributed by atoms with Crippen molar-refractivity contribution < 1.29 is 5.11 Å². The number of nitrogens with zero attached hydrogens (tertiary/aromatic N) is 1. The molecule has 1 aliphatic carbocycles. The zero-order valence-electron chi connectivity index (χ0n) is 9.83. The lowest BCUT2D eigenvalue weighted by Crippen LogP contribution is -2.25. The second kappa shape index (κ2) is 5.86. The molecule has 1 atom stereocenters. The monoisotopic (exact) mass is 211 g/mol. The third-order valence-electron chi connectivity index (χ3n) is 4.21. The fourth-order valence-corrected chi connectivity index (χ4v) is 3.11. The molecule has 2 rings (SSSR count). The standard InChI is InChI=1S/C13H25NO/c15-11-13-7-9-14(10-13)8-6-12-4-2-1-3-5-12/h12-13,15H,1-11H2. The lowest BCUT2D eigenvalue weighted by Gasteiger charge is -2.24. The summed E-state index contributed by atoms with van der Waals surface area (Å²) in [6, 6.07) is 0. The molecule has 1 aliphatic heterocycles. The Hall–Kier alpha value is -0.0800. The summed E-state index contributed by atoms with van der Waals surface area (Å²) >= 11 is 0. The van der Waals surface area contributed by atoms with Gasteiger partial charge in [-0.15, -0.1) is 0 Å². The average molecular weight is 211 g/mol. The first kappa shape index (κ1) is 11.4. The van der Waals surface area contributed by atoms with Crippen LogP contribution in [0.2, 0.25) is 0 Å². The third kappa shape index (κ3) is 3.46. The smallest absolute Gasteiger partial charge is 0.0471 e. The van der Waals surface area contributed by atoms with Crippen LogP contribution in [0.25, 0.3) is 0 Å². The van der Waals surface area contributed by atoms with E-state index in [4.69, 9.17) is 5.11 Å². The molecule has 0 spiro atoms. The Morgan fingerprint density at radius 1 is 1.00 bits per heavy atom. The van der Waals surface area contributed by atoms with Crippen LogP contribution < -0.4 is 0 Å². The minimum Gasteiger partial charge on any atom is -0.396 e. The Morgan fingerprint density at radius 3 is 2.47 bits per heavy atom. The maximum atomic E-state index is 9.07. The Morgan fingerprint density at radius 2 is 1.80 bits per heavy atom. The second-order valence-corrected chi connectivity index (χ2v) is 5.43. The molecule has 1 unspecified atom stereocenters. The van der Waals surface area contributed by atoms with Gasteiger partial charge >= 0.3 is 0 Å². The van der Waals surface area contributed by atoms with Crippen LogP contribution in [0.3, 0.4) is 0 Å². The van der Waals surface area contributed by atoms with E-state index in [1.54, 1.807) is 0 Å². The van der Waals surface area contributed by atoms with Crippen LogP contribution in [0, 0.1) is 11.8 Å². The Kier molecular flexibility index (Phi) is 4.45. The minimum atomic E-state index is 0.389. The Labute approximate surface area is 93.7 Å². The Balaban J connectivity index is 1.61. The van der Waals surface area contributed by atoms with E-state index in [1.165, 1.54) is 58.0 Å². The molecule has 0 aromatic rings. The summed E-state index contributed by atoms with van der Waals surface area (Å²) in [6.07, 6.45) is 9.94. The fraction of sp³-hybridized carbons (Fsp3) is 1.00. The quantitative estimate of drug-likeness (QED) is 0.771. The highest BCUT2D eigenvalue weighted by molar-refractivity contribution is 4.76. The van der Waals surface area contributed by atoms with E-state index in [1.807, 2.05) is 0 Å². The van der Waals surface area contributed by atoms with E-state index in [2.05, 4.69) is 4.90 Å². The van der Waals surface area contributed by atoms with Gasteiger partial charge in [-0.2, -0.15) is 0 Å². The van der Waals surface area contributed by atoms with Gasteiger partial charge in [0.15, 0.2) is 0 Å². The molecular weight excluding hydrogens is 186 g/mol. The van der Waals surface area contributed by atoms with Gasteiger partial charge in [0, 0.05) is 13.2 Å². The normalized spacial score (nSPS) is 29.8. The van der Waals surface area contributed by atoms with Crippen LogP contribution in [-0.2, 0) is 0 Å². The van der Waals surface area contributed by atoms with Crippen molar-refractivity contribution in [2.24, 2.45) is 11.8 Å². The van der Waals surface area contributed by atoms with Crippen LogP contribution >= 0.6 is 0 Å². The van der Waals surface area contributed by atoms with Crippen LogP contribution in [0.15, 0.2) is 0 Å². The van der Waals surface area contributed by atoms with Gasteiger partial charge in [-0.25, -0.2) is 0 Å². The summed E-state index contributed by atoms with van der Waals surface area (Å²) in [6.45, 7) is 4.03. The predicted octanol–water partition coefficient (Wildman–Crippen LogP) is 2.27. The molecule has 1 saturated carbocycles. The molecule has 2 nitrogen and oxygen atoms in total. The van der Waals surface area contributed by atoms with Gasteiger partial charge in [0.25, 0.3) is 0 Å². The molecule has 15 heavy (non-hydrogen) atoms. The van der Waals surface area contributed by atoms with Gasteiger partial charge in [0.2, 0.25) is 0 Å². The molecule has 0 amide bonds. The fourth-order valence-electron chi connectivity index (χ4n) is 3.11. The van der Waals surface area contributed by atoms with E-state index in [-0.39, 0.29) is 0 Å². The van der Waals surface area contributed by atoms with Gasteiger partial charge in [0.1, 0.15) is 0 Å². The lowest BCUT2D eigenvalue weighted by atomic mass is 9.87. The highest BCUT2D eigenvalue weighted by atomic mass is 16.3. The molecule has 0 aromatic heterocycles. The molecule has 0 radical (unpaired) electrons. The lowest BCUT2D eigenvalue weighted by molar-refractivity contribution is 0.214. The number of aliphatic hydroxyl groups excluding tert-OH is 1. The van der Waals surface area contributed by atoms with E-state index >= 15 is 0 Å². The highest BCUT2D eigenvalue weighted by Crippen LogP contribution is 2.27. The number of aliphatic hydroxyl groups is 1. The number of hydrogen-bond donors (Lipinski definition) is 1. The first-order valence-electron chi connectivity index (χ1n) is 6.71. The molecule has 2 heteroatoms. The molecule has 2 aliphatic rings. The van der Waals surface area contributed by atoms with Crippen molar-refractivity contribution in [3.8, 4) is 0 Å². The number of hydrogen-bond acceptors (Lipinski definition) is 2. The predicted molar refractivity (Wildman–Crippen MR) is 62.8 cm³/mol. The van der Waals surface area contributed by atoms with Crippen molar-refractivity contribution in [1.29, 1.82) is 0 Å². The van der Waals surface area contributed by atoms with Crippen molar-refractivity contribution in [3.05, 3.63) is 0 Å². The molecule has 0 aromatic carbocycles. The summed E-state index contributed by atoms with van der Waals surface area (Å²) in [5, 5.41) is 9.07. The van der Waals surface area contributed by atoms with E-state index in [0.717, 1.165) is 12.5 Å². The molecule has 1 saturated heterocycles. The largest absolute Gasteiger partial charge is 0.396 e. The van der Waals surface area contributed by atoms with Crippen LogP contribution in [0.4, 0.5) is 0 Å². The van der Waals surface area contributed by atoms with Crippen molar-refractivity contribution in [3.63, 3.8) is 0 Å². The molecule has 1 N–H and O–H groups in total. The van der Waals surface area contributed by atoms with Crippen molar-refractivity contribution >= 4 is 0 Å². The van der Waals surface area contributed by atoms with Crippen LogP contribution in [0.5, 0.6) is 0 Å². The molecule has 2 fully saturated rings. The number of rotatable bonds is 4. The van der Waals surface area contributed by atoms with Gasteiger partial charge in [0.05, 0.1) is 0 Å². The third-order valence-corrected chi connectivity index (χ3v) is 4.21. The summed E-state index contributed by atoms with van der Waals surface area (Å²) in [4.78, 5) is 2.55. The summed E-state index contributed by atoms with van der Waals surface area (Å²) in [7, 11) is 0. The maximum absolute atomic E-state index is 9.07. The first-order valence-corrected chi connectivity index (χ1v) is 6.71. The zero-order valence-corrected chi connectivity index (χ0v) is 9.83. The molecule has 1 heterocycles. The van der Waals surface area contributed by atoms with E-state index in [0.29, 0.717) is 12.5 Å². The topological polar surface area (TPSA) is 23.5 Å². The minimum absolute atomic E-state index is 0.389. The van der Waals surface area contributed by atoms with Gasteiger partial charge in [-0.1, -0.05) is 32.1 Å². The summed E-state index contributed by atoms with van der Waals surface area (Å²) in [5.74, 6) is 1.57. The molecule has 0 bridgehead atoms. The van der Waals surface area contributed by atoms with Crippen molar-refractivity contribution in [2.75, 3.05) is 26.2 Å². The summed E-state index contributed by atoms with van der Waals surface area (Å²) in [5.41, 5.74) is 0. The molecule has 88 valence electrons. The molecular formula is C13H25NO.